The summed E-state index contributed by atoms with van der Waals surface area (Å²) in [6.45, 7) is 9.87. The average molecular weight is 609 g/mol. The van der Waals surface area contributed by atoms with Crippen molar-refractivity contribution < 1.29 is 28.7 Å². The number of anilines is 1. The Balaban J connectivity index is 1.59. The molecule has 220 valence electrons. The lowest BCUT2D eigenvalue weighted by atomic mass is 9.81. The van der Waals surface area contributed by atoms with Crippen LogP contribution in [0.3, 0.4) is 0 Å². The number of rotatable bonds is 7. The predicted octanol–water partition coefficient (Wildman–Crippen LogP) is 4.74. The summed E-state index contributed by atoms with van der Waals surface area (Å²) in [5.74, 6) is -3.17. The quantitative estimate of drug-likeness (QED) is 0.279. The first-order valence-corrected chi connectivity index (χ1v) is 15.5. The molecule has 1 aromatic heterocycles. The van der Waals surface area contributed by atoms with Crippen molar-refractivity contribution in [2.45, 2.75) is 62.8 Å². The van der Waals surface area contributed by atoms with Crippen LogP contribution in [0.2, 0.25) is 0 Å². The molecule has 0 saturated carbocycles. The van der Waals surface area contributed by atoms with E-state index in [0.29, 0.717) is 21.2 Å². The molecule has 0 bridgehead atoms. The molecule has 2 aromatic carbocycles. The van der Waals surface area contributed by atoms with Gasteiger partial charge in [-0.1, -0.05) is 68.1 Å². The van der Waals surface area contributed by atoms with Crippen LogP contribution in [0.25, 0.3) is 0 Å². The average Bonchev–Trinajstić information content (AvgIpc) is 3.39. The number of benzene rings is 2. The number of amides is 2. The number of carbonyl (C=O) groups excluding carboxylic acids is 4. The Morgan fingerprint density at radius 2 is 1.52 bits per heavy atom. The van der Waals surface area contributed by atoms with Crippen molar-refractivity contribution >= 4 is 52.5 Å². The van der Waals surface area contributed by atoms with E-state index in [-0.39, 0.29) is 36.0 Å². The predicted molar refractivity (Wildman–Crippen MR) is 160 cm³/mol. The van der Waals surface area contributed by atoms with Crippen LogP contribution >= 0.6 is 23.1 Å². The molecule has 0 spiro atoms. The topological polar surface area (TPSA) is 112 Å². The van der Waals surface area contributed by atoms with Crippen LogP contribution in [0.5, 0.6) is 0 Å². The molecule has 3 heterocycles. The normalized spacial score (nSPS) is 19.8. The van der Waals surface area contributed by atoms with Crippen LogP contribution in [-0.2, 0) is 35.8 Å². The molecule has 0 radical (unpaired) electrons. The second-order valence-corrected chi connectivity index (χ2v) is 13.2. The molecular formula is C31H32N2O7S2. The van der Waals surface area contributed by atoms with Crippen LogP contribution in [0.4, 0.5) is 5.69 Å². The van der Waals surface area contributed by atoms with Crippen LogP contribution in [0, 0.1) is 5.92 Å². The zero-order chi connectivity index (χ0) is 30.3. The summed E-state index contributed by atoms with van der Waals surface area (Å²) < 4.78 is 11.5. The number of aromatic nitrogens is 1. The molecular weight excluding hydrogens is 576 g/mol. The van der Waals surface area contributed by atoms with Gasteiger partial charge in [-0.3, -0.25) is 23.7 Å². The molecule has 11 heteroatoms. The van der Waals surface area contributed by atoms with Gasteiger partial charge >= 0.3 is 16.8 Å². The summed E-state index contributed by atoms with van der Waals surface area (Å²) in [4.78, 5) is 67.1. The van der Waals surface area contributed by atoms with Gasteiger partial charge in [0, 0.05) is 10.8 Å². The first-order valence-electron chi connectivity index (χ1n) is 13.8. The van der Waals surface area contributed by atoms with Crippen LogP contribution in [0.1, 0.15) is 66.9 Å². The molecule has 2 aliphatic heterocycles. The van der Waals surface area contributed by atoms with E-state index in [0.717, 1.165) is 39.1 Å². The Morgan fingerprint density at radius 3 is 2.12 bits per heavy atom. The number of imide groups is 1. The minimum absolute atomic E-state index is 0.0892. The molecule has 2 aliphatic rings. The summed E-state index contributed by atoms with van der Waals surface area (Å²) >= 11 is 2.14. The van der Waals surface area contributed by atoms with Crippen LogP contribution in [0.15, 0.2) is 58.4 Å². The second kappa shape index (κ2) is 11.5. The van der Waals surface area contributed by atoms with E-state index >= 15 is 0 Å². The number of hydrogen-bond donors (Lipinski definition) is 0. The number of hydrogen-bond acceptors (Lipinski definition) is 9. The highest BCUT2D eigenvalue weighted by atomic mass is 32.2. The zero-order valence-corrected chi connectivity index (χ0v) is 25.7. The highest BCUT2D eigenvalue weighted by Gasteiger charge is 2.56. The zero-order valence-electron chi connectivity index (χ0n) is 24.0. The number of thiazole rings is 1. The maximum Gasteiger partial charge on any atom is 0.338 e. The van der Waals surface area contributed by atoms with Crippen molar-refractivity contribution in [2.75, 3.05) is 18.1 Å². The van der Waals surface area contributed by atoms with Gasteiger partial charge < -0.3 is 9.47 Å². The van der Waals surface area contributed by atoms with E-state index in [1.807, 2.05) is 24.3 Å². The maximum atomic E-state index is 14.1. The molecule has 42 heavy (non-hydrogen) atoms. The van der Waals surface area contributed by atoms with Crippen molar-refractivity contribution in [1.82, 2.24) is 4.57 Å². The van der Waals surface area contributed by atoms with Gasteiger partial charge in [-0.05, 0) is 54.7 Å². The lowest BCUT2D eigenvalue weighted by Gasteiger charge is -2.31. The summed E-state index contributed by atoms with van der Waals surface area (Å²) in [5, 5.41) is -0.311. The fourth-order valence-corrected chi connectivity index (χ4v) is 8.13. The SMILES string of the molecule is CCOC(=O)Cn1c2c(sc1=O)[C@@H](c1ccc(C(C)(C)C)cc1)[C@@H]1C(=O)N(c3ccc(C(=O)OCC)cc3)C(=O)[C@@H]1S2. The molecule has 5 rings (SSSR count). The van der Waals surface area contributed by atoms with Crippen molar-refractivity contribution in [1.29, 1.82) is 0 Å². The van der Waals surface area contributed by atoms with Gasteiger partial charge in [-0.25, -0.2) is 9.69 Å². The molecule has 3 aromatic rings. The lowest BCUT2D eigenvalue weighted by molar-refractivity contribution is -0.144. The van der Waals surface area contributed by atoms with Gasteiger partial charge in [0.2, 0.25) is 11.8 Å². The Bertz CT molecular complexity index is 1600. The van der Waals surface area contributed by atoms with Gasteiger partial charge in [0.15, 0.2) is 0 Å². The number of fused-ring (bicyclic) bond motifs is 2. The molecule has 0 N–H and O–H groups in total. The van der Waals surface area contributed by atoms with E-state index in [4.69, 9.17) is 9.47 Å². The van der Waals surface area contributed by atoms with E-state index in [1.54, 1.807) is 26.0 Å². The Kier molecular flexibility index (Phi) is 8.17. The monoisotopic (exact) mass is 608 g/mol. The summed E-state index contributed by atoms with van der Waals surface area (Å²) in [6, 6.07) is 14.1. The summed E-state index contributed by atoms with van der Waals surface area (Å²) in [6.07, 6.45) is 0. The molecule has 3 atom stereocenters. The van der Waals surface area contributed by atoms with Crippen LogP contribution < -0.4 is 9.77 Å². The second-order valence-electron chi connectivity index (χ2n) is 11.1. The van der Waals surface area contributed by atoms with E-state index in [9.17, 15) is 24.0 Å². The Hall–Kier alpha value is -3.70. The van der Waals surface area contributed by atoms with Crippen LogP contribution in [-0.4, -0.2) is 46.8 Å². The molecule has 1 saturated heterocycles. The third kappa shape index (κ3) is 5.31. The molecule has 9 nitrogen and oxygen atoms in total. The van der Waals surface area contributed by atoms with Crippen molar-refractivity contribution in [3.05, 3.63) is 79.8 Å². The Labute approximate surface area is 251 Å². The minimum Gasteiger partial charge on any atom is -0.465 e. The van der Waals surface area contributed by atoms with Gasteiger partial charge in [0.1, 0.15) is 11.8 Å². The third-order valence-electron chi connectivity index (χ3n) is 7.41. The number of thioether (sulfide) groups is 1. The first-order chi connectivity index (χ1) is 20.0. The summed E-state index contributed by atoms with van der Waals surface area (Å²) in [7, 11) is 0. The fourth-order valence-electron chi connectivity index (χ4n) is 5.36. The third-order valence-corrected chi connectivity index (χ3v) is 10.0. The standard InChI is InChI=1S/C31H32N2O7S2/c1-6-39-21(34)16-32-28-25(42-30(32)38)22(17-8-12-19(13-9-17)31(3,4)5)23-24(41-28)27(36)33(26(23)35)20-14-10-18(11-15-20)29(37)40-7-2/h8-15,22-24H,6-7,16H2,1-5H3/t22-,23-,24+/m0/s1. The fraction of sp³-hybridized carbons (Fsp3) is 0.387. The van der Waals surface area contributed by atoms with E-state index in [1.165, 1.54) is 16.7 Å². The largest absolute Gasteiger partial charge is 0.465 e. The van der Waals surface area contributed by atoms with Crippen molar-refractivity contribution in [3.8, 4) is 0 Å². The first kappa shape index (κ1) is 29.8. The Morgan fingerprint density at radius 1 is 0.881 bits per heavy atom. The molecule has 0 unspecified atom stereocenters. The number of ether oxygens (including phenoxy) is 2. The number of esters is 2. The number of carbonyl (C=O) groups is 4. The van der Waals surface area contributed by atoms with Gasteiger partial charge in [-0.15, -0.1) is 0 Å². The van der Waals surface area contributed by atoms with Gasteiger partial charge in [-0.2, -0.15) is 0 Å². The highest BCUT2D eigenvalue weighted by Crippen LogP contribution is 2.54. The molecule has 1 fully saturated rings. The maximum absolute atomic E-state index is 14.1. The lowest BCUT2D eigenvalue weighted by Crippen LogP contribution is -2.32. The molecule has 0 aliphatic carbocycles. The van der Waals surface area contributed by atoms with Crippen molar-refractivity contribution in [2.24, 2.45) is 5.92 Å². The van der Waals surface area contributed by atoms with E-state index < -0.39 is 34.9 Å². The van der Waals surface area contributed by atoms with Gasteiger partial charge in [0.05, 0.1) is 35.4 Å². The van der Waals surface area contributed by atoms with Crippen molar-refractivity contribution in [3.63, 3.8) is 0 Å². The highest BCUT2D eigenvalue weighted by molar-refractivity contribution is 8.00. The molecule has 2 amide bonds. The van der Waals surface area contributed by atoms with E-state index in [2.05, 4.69) is 20.8 Å². The number of nitrogens with zero attached hydrogens (tertiary/aromatic N) is 2. The summed E-state index contributed by atoms with van der Waals surface area (Å²) in [5.41, 5.74) is 2.49. The minimum atomic E-state index is -0.815. The van der Waals surface area contributed by atoms with Gasteiger partial charge in [0.25, 0.3) is 0 Å². The smallest absolute Gasteiger partial charge is 0.338 e.